The maximum Gasteiger partial charge on any atom is 0.236 e. The fraction of sp³-hybridized carbons (Fsp3) is 0.333. The van der Waals surface area contributed by atoms with Gasteiger partial charge < -0.3 is 10.6 Å². The number of carbonyl (C=O) groups is 1. The van der Waals surface area contributed by atoms with E-state index in [0.717, 1.165) is 5.69 Å². The Morgan fingerprint density at radius 2 is 2.24 bits per heavy atom. The molecule has 0 spiro atoms. The lowest BCUT2D eigenvalue weighted by Gasteiger charge is -2.28. The number of rotatable bonds is 4. The second kappa shape index (κ2) is 5.69. The minimum atomic E-state index is -0.414. The first-order valence-corrected chi connectivity index (χ1v) is 6.00. The highest BCUT2D eigenvalue weighted by Gasteiger charge is 2.17. The standard InChI is InChI=1S/C12H14BrN3O/c1-8(2)16(7-12(15)17)11-5-3-4-10(13)9(11)6-14/h3-5,8H,7H2,1-2H3,(H2,15,17). The van der Waals surface area contributed by atoms with Gasteiger partial charge in [0.1, 0.15) is 6.07 Å². The number of amides is 1. The zero-order chi connectivity index (χ0) is 13.0. The summed E-state index contributed by atoms with van der Waals surface area (Å²) in [6, 6.07) is 7.66. The molecule has 0 bridgehead atoms. The van der Waals surface area contributed by atoms with Crippen molar-refractivity contribution in [1.29, 1.82) is 5.26 Å². The number of nitrogens with zero attached hydrogens (tertiary/aromatic N) is 2. The monoisotopic (exact) mass is 295 g/mol. The van der Waals surface area contributed by atoms with Gasteiger partial charge in [0, 0.05) is 10.5 Å². The molecular weight excluding hydrogens is 282 g/mol. The number of hydrogen-bond acceptors (Lipinski definition) is 3. The Balaban J connectivity index is 3.24. The summed E-state index contributed by atoms with van der Waals surface area (Å²) in [4.78, 5) is 12.9. The van der Waals surface area contributed by atoms with Gasteiger partial charge in [0.15, 0.2) is 0 Å². The van der Waals surface area contributed by atoms with Crippen LogP contribution in [0.25, 0.3) is 0 Å². The summed E-state index contributed by atoms with van der Waals surface area (Å²) in [5.74, 6) is -0.414. The van der Waals surface area contributed by atoms with E-state index in [2.05, 4.69) is 22.0 Å². The highest BCUT2D eigenvalue weighted by atomic mass is 79.9. The third-order valence-corrected chi connectivity index (χ3v) is 3.02. The van der Waals surface area contributed by atoms with E-state index >= 15 is 0 Å². The molecule has 0 fully saturated rings. The zero-order valence-electron chi connectivity index (χ0n) is 9.77. The summed E-state index contributed by atoms with van der Waals surface area (Å²) >= 11 is 3.33. The quantitative estimate of drug-likeness (QED) is 0.924. The molecule has 0 heterocycles. The topological polar surface area (TPSA) is 70.1 Å². The van der Waals surface area contributed by atoms with Crippen LogP contribution in [0.5, 0.6) is 0 Å². The molecule has 5 heteroatoms. The van der Waals surface area contributed by atoms with Gasteiger partial charge in [-0.1, -0.05) is 6.07 Å². The Bertz CT molecular complexity index is 465. The number of primary amides is 1. The summed E-state index contributed by atoms with van der Waals surface area (Å²) in [6.45, 7) is 4.00. The highest BCUT2D eigenvalue weighted by molar-refractivity contribution is 9.10. The largest absolute Gasteiger partial charge is 0.368 e. The SMILES string of the molecule is CC(C)N(CC(N)=O)c1cccc(Br)c1C#N. The van der Waals surface area contributed by atoms with E-state index in [-0.39, 0.29) is 12.6 Å². The predicted molar refractivity (Wildman–Crippen MR) is 70.5 cm³/mol. The fourth-order valence-electron chi connectivity index (χ4n) is 1.58. The molecule has 17 heavy (non-hydrogen) atoms. The van der Waals surface area contributed by atoms with Crippen LogP contribution in [0.2, 0.25) is 0 Å². The predicted octanol–water partition coefficient (Wildman–Crippen LogP) is 2.02. The molecule has 0 radical (unpaired) electrons. The normalized spacial score (nSPS) is 10.1. The summed E-state index contributed by atoms with van der Waals surface area (Å²) in [5, 5.41) is 9.14. The number of nitrogens with two attached hydrogens (primary N) is 1. The van der Waals surface area contributed by atoms with Crippen molar-refractivity contribution in [3.8, 4) is 6.07 Å². The first kappa shape index (κ1) is 13.5. The highest BCUT2D eigenvalue weighted by Crippen LogP contribution is 2.28. The molecule has 4 nitrogen and oxygen atoms in total. The molecule has 1 aromatic carbocycles. The van der Waals surface area contributed by atoms with E-state index in [4.69, 9.17) is 11.0 Å². The van der Waals surface area contributed by atoms with Crippen molar-refractivity contribution in [2.45, 2.75) is 19.9 Å². The van der Waals surface area contributed by atoms with E-state index < -0.39 is 5.91 Å². The van der Waals surface area contributed by atoms with Crippen molar-refractivity contribution >= 4 is 27.5 Å². The molecule has 1 amide bonds. The number of benzene rings is 1. The molecule has 0 aromatic heterocycles. The van der Waals surface area contributed by atoms with E-state index in [0.29, 0.717) is 10.0 Å². The maximum atomic E-state index is 11.1. The Morgan fingerprint density at radius 3 is 2.71 bits per heavy atom. The van der Waals surface area contributed by atoms with Crippen LogP contribution in [-0.4, -0.2) is 18.5 Å². The van der Waals surface area contributed by atoms with Crippen molar-refractivity contribution in [2.24, 2.45) is 5.73 Å². The van der Waals surface area contributed by atoms with Crippen LogP contribution in [0.3, 0.4) is 0 Å². The molecule has 0 aliphatic rings. The molecular formula is C12H14BrN3O. The molecule has 0 unspecified atom stereocenters. The van der Waals surface area contributed by atoms with Crippen LogP contribution >= 0.6 is 15.9 Å². The molecule has 0 atom stereocenters. The van der Waals surface area contributed by atoms with Gasteiger partial charge in [-0.05, 0) is 41.9 Å². The lowest BCUT2D eigenvalue weighted by atomic mass is 10.1. The van der Waals surface area contributed by atoms with Gasteiger partial charge in [-0.3, -0.25) is 4.79 Å². The molecule has 2 N–H and O–H groups in total. The number of halogens is 1. The second-order valence-electron chi connectivity index (χ2n) is 3.93. The average Bonchev–Trinajstić information content (AvgIpc) is 2.25. The van der Waals surface area contributed by atoms with E-state index in [1.807, 2.05) is 30.9 Å². The summed E-state index contributed by atoms with van der Waals surface area (Å²) in [5.41, 5.74) is 6.46. The Morgan fingerprint density at radius 1 is 1.59 bits per heavy atom. The van der Waals surface area contributed by atoms with Crippen molar-refractivity contribution < 1.29 is 4.79 Å². The lowest BCUT2D eigenvalue weighted by molar-refractivity contribution is -0.116. The number of nitriles is 1. The molecule has 1 rings (SSSR count). The van der Waals surface area contributed by atoms with Gasteiger partial charge in [-0.25, -0.2) is 0 Å². The molecule has 0 saturated carbocycles. The van der Waals surface area contributed by atoms with E-state index in [1.54, 1.807) is 6.07 Å². The first-order chi connectivity index (χ1) is 7.97. The Hall–Kier alpha value is -1.54. The Kier molecular flexibility index (Phi) is 4.53. The van der Waals surface area contributed by atoms with Crippen molar-refractivity contribution in [1.82, 2.24) is 0 Å². The van der Waals surface area contributed by atoms with Crippen LogP contribution in [0.15, 0.2) is 22.7 Å². The van der Waals surface area contributed by atoms with Gasteiger partial charge in [-0.15, -0.1) is 0 Å². The van der Waals surface area contributed by atoms with Crippen LogP contribution in [0.4, 0.5) is 5.69 Å². The lowest BCUT2D eigenvalue weighted by Crippen LogP contribution is -2.39. The Labute approximate surface area is 109 Å². The minimum Gasteiger partial charge on any atom is -0.368 e. The van der Waals surface area contributed by atoms with Gasteiger partial charge in [0.05, 0.1) is 17.8 Å². The van der Waals surface area contributed by atoms with Crippen LogP contribution in [0.1, 0.15) is 19.4 Å². The number of anilines is 1. The minimum absolute atomic E-state index is 0.0869. The second-order valence-corrected chi connectivity index (χ2v) is 4.79. The molecule has 90 valence electrons. The van der Waals surface area contributed by atoms with Crippen molar-refractivity contribution in [3.05, 3.63) is 28.2 Å². The van der Waals surface area contributed by atoms with E-state index in [1.165, 1.54) is 0 Å². The first-order valence-electron chi connectivity index (χ1n) is 5.21. The number of carbonyl (C=O) groups excluding carboxylic acids is 1. The smallest absolute Gasteiger partial charge is 0.236 e. The van der Waals surface area contributed by atoms with Crippen molar-refractivity contribution in [3.63, 3.8) is 0 Å². The van der Waals surface area contributed by atoms with Gasteiger partial charge in [-0.2, -0.15) is 5.26 Å². The van der Waals surface area contributed by atoms with Crippen LogP contribution < -0.4 is 10.6 Å². The third-order valence-electron chi connectivity index (χ3n) is 2.36. The summed E-state index contributed by atoms with van der Waals surface area (Å²) in [7, 11) is 0. The molecule has 1 aromatic rings. The summed E-state index contributed by atoms with van der Waals surface area (Å²) < 4.78 is 0.715. The summed E-state index contributed by atoms with van der Waals surface area (Å²) in [6.07, 6.45) is 0. The fourth-order valence-corrected chi connectivity index (χ4v) is 2.02. The average molecular weight is 296 g/mol. The van der Waals surface area contributed by atoms with Gasteiger partial charge >= 0.3 is 0 Å². The number of hydrogen-bond donors (Lipinski definition) is 1. The maximum absolute atomic E-state index is 11.1. The molecule has 0 aliphatic heterocycles. The van der Waals surface area contributed by atoms with Crippen molar-refractivity contribution in [2.75, 3.05) is 11.4 Å². The molecule has 0 aliphatic carbocycles. The van der Waals surface area contributed by atoms with Gasteiger partial charge in [0.2, 0.25) is 5.91 Å². The molecule has 0 saturated heterocycles. The van der Waals surface area contributed by atoms with E-state index in [9.17, 15) is 4.79 Å². The zero-order valence-corrected chi connectivity index (χ0v) is 11.4. The van der Waals surface area contributed by atoms with Crippen LogP contribution in [0, 0.1) is 11.3 Å². The third kappa shape index (κ3) is 3.21. The van der Waals surface area contributed by atoms with Crippen LogP contribution in [-0.2, 0) is 4.79 Å². The van der Waals surface area contributed by atoms with Gasteiger partial charge in [0.25, 0.3) is 0 Å².